The van der Waals surface area contributed by atoms with Crippen LogP contribution in [0.25, 0.3) is 11.1 Å². The first-order chi connectivity index (χ1) is 12.4. The minimum absolute atomic E-state index is 0.180. The van der Waals surface area contributed by atoms with Gasteiger partial charge in [-0.2, -0.15) is 0 Å². The number of carbonyl (C=O) groups excluding carboxylic acids is 1. The van der Waals surface area contributed by atoms with E-state index >= 15 is 0 Å². The largest absolute Gasteiger partial charge is 0.467 e. The molecule has 3 aromatic rings. The fourth-order valence-corrected chi connectivity index (χ4v) is 2.77. The van der Waals surface area contributed by atoms with Crippen molar-refractivity contribution in [2.75, 3.05) is 27.2 Å². The molecular weight excluding hydrogens is 336 g/mol. The molecule has 0 aliphatic carbocycles. The lowest BCUT2D eigenvalue weighted by Crippen LogP contribution is -2.36. The Morgan fingerprint density at radius 1 is 1.31 bits per heavy atom. The number of furan rings is 2. The predicted molar refractivity (Wildman–Crippen MR) is 96.0 cm³/mol. The van der Waals surface area contributed by atoms with E-state index in [0.29, 0.717) is 31.2 Å². The predicted octanol–water partition coefficient (Wildman–Crippen LogP) is 1.63. The van der Waals surface area contributed by atoms with E-state index in [1.165, 1.54) is 10.9 Å². The molecule has 0 bridgehead atoms. The molecule has 0 atom stereocenters. The van der Waals surface area contributed by atoms with Gasteiger partial charge in [0.15, 0.2) is 0 Å². The SMILES string of the molecule is Cc1oc2ncn(C)c(=O)c2c1C(=O)N(CCN(C)C)Cc1ccco1. The summed E-state index contributed by atoms with van der Waals surface area (Å²) in [4.78, 5) is 33.6. The zero-order valence-electron chi connectivity index (χ0n) is 15.4. The summed E-state index contributed by atoms with van der Waals surface area (Å²) in [5.41, 5.74) is 0.138. The van der Waals surface area contributed by atoms with E-state index < -0.39 is 0 Å². The van der Waals surface area contributed by atoms with Gasteiger partial charge in [0.05, 0.1) is 18.4 Å². The van der Waals surface area contributed by atoms with Crippen LogP contribution in [0.3, 0.4) is 0 Å². The van der Waals surface area contributed by atoms with E-state index in [0.717, 1.165) is 0 Å². The Morgan fingerprint density at radius 2 is 2.08 bits per heavy atom. The summed E-state index contributed by atoms with van der Waals surface area (Å²) in [5.74, 6) is 0.785. The van der Waals surface area contributed by atoms with E-state index in [1.807, 2.05) is 25.1 Å². The molecule has 1 amide bonds. The van der Waals surface area contributed by atoms with Gasteiger partial charge in [-0.1, -0.05) is 0 Å². The molecule has 0 aliphatic heterocycles. The first-order valence-corrected chi connectivity index (χ1v) is 8.29. The quantitative estimate of drug-likeness (QED) is 0.666. The number of nitrogens with zero attached hydrogens (tertiary/aromatic N) is 4. The third kappa shape index (κ3) is 3.41. The molecule has 8 heteroatoms. The average Bonchev–Trinajstić information content (AvgIpc) is 3.21. The van der Waals surface area contributed by atoms with Gasteiger partial charge in [-0.25, -0.2) is 4.98 Å². The van der Waals surface area contributed by atoms with Crippen LogP contribution in [-0.4, -0.2) is 52.4 Å². The second-order valence-electron chi connectivity index (χ2n) is 6.48. The summed E-state index contributed by atoms with van der Waals surface area (Å²) in [7, 11) is 5.47. The highest BCUT2D eigenvalue weighted by atomic mass is 16.3. The van der Waals surface area contributed by atoms with Crippen LogP contribution < -0.4 is 5.56 Å². The lowest BCUT2D eigenvalue weighted by molar-refractivity contribution is 0.0719. The molecule has 8 nitrogen and oxygen atoms in total. The van der Waals surface area contributed by atoms with E-state index in [4.69, 9.17) is 8.83 Å². The van der Waals surface area contributed by atoms with Crippen molar-refractivity contribution in [3.8, 4) is 0 Å². The van der Waals surface area contributed by atoms with Gasteiger partial charge in [0.1, 0.15) is 23.2 Å². The van der Waals surface area contributed by atoms with Crippen LogP contribution >= 0.6 is 0 Å². The number of carbonyl (C=O) groups is 1. The van der Waals surface area contributed by atoms with Crippen LogP contribution in [-0.2, 0) is 13.6 Å². The topological polar surface area (TPSA) is 84.7 Å². The Morgan fingerprint density at radius 3 is 2.73 bits per heavy atom. The number of amides is 1. The van der Waals surface area contributed by atoms with Crippen LogP contribution in [0.15, 0.2) is 38.4 Å². The van der Waals surface area contributed by atoms with Crippen molar-refractivity contribution in [3.63, 3.8) is 0 Å². The monoisotopic (exact) mass is 358 g/mol. The first kappa shape index (κ1) is 17.9. The molecule has 3 aromatic heterocycles. The molecule has 0 saturated carbocycles. The maximum Gasteiger partial charge on any atom is 0.265 e. The number of aromatic nitrogens is 2. The van der Waals surface area contributed by atoms with Gasteiger partial charge in [-0.15, -0.1) is 0 Å². The smallest absolute Gasteiger partial charge is 0.265 e. The van der Waals surface area contributed by atoms with Gasteiger partial charge in [0, 0.05) is 20.1 Å². The number of hydrogen-bond donors (Lipinski definition) is 0. The molecule has 26 heavy (non-hydrogen) atoms. The second-order valence-corrected chi connectivity index (χ2v) is 6.48. The number of aryl methyl sites for hydroxylation is 2. The molecule has 0 fully saturated rings. The maximum atomic E-state index is 13.3. The third-order valence-corrected chi connectivity index (χ3v) is 4.19. The van der Waals surface area contributed by atoms with Crippen molar-refractivity contribution >= 4 is 17.0 Å². The summed E-state index contributed by atoms with van der Waals surface area (Å²) in [6.45, 7) is 3.15. The Bertz CT molecular complexity index is 969. The van der Waals surface area contributed by atoms with Crippen molar-refractivity contribution in [3.05, 3.63) is 52.2 Å². The molecule has 3 rings (SSSR count). The fraction of sp³-hybridized carbons (Fsp3) is 0.389. The van der Waals surface area contributed by atoms with E-state index in [1.54, 1.807) is 31.2 Å². The van der Waals surface area contributed by atoms with Crippen LogP contribution in [0.1, 0.15) is 21.9 Å². The number of likely N-dealkylation sites (N-methyl/N-ethyl adjacent to an activating group) is 1. The number of rotatable bonds is 6. The average molecular weight is 358 g/mol. The summed E-state index contributed by atoms with van der Waals surface area (Å²) in [5, 5.41) is 0.215. The molecule has 0 aromatic carbocycles. The molecule has 3 heterocycles. The van der Waals surface area contributed by atoms with Crippen LogP contribution in [0.5, 0.6) is 0 Å². The number of hydrogen-bond acceptors (Lipinski definition) is 6. The van der Waals surface area contributed by atoms with Crippen LogP contribution in [0.2, 0.25) is 0 Å². The van der Waals surface area contributed by atoms with Crippen LogP contribution in [0.4, 0.5) is 0 Å². The third-order valence-electron chi connectivity index (χ3n) is 4.19. The van der Waals surface area contributed by atoms with Gasteiger partial charge in [-0.05, 0) is 33.2 Å². The summed E-state index contributed by atoms with van der Waals surface area (Å²) < 4.78 is 12.3. The highest BCUT2D eigenvalue weighted by Gasteiger charge is 2.27. The zero-order chi connectivity index (χ0) is 18.8. The molecule has 0 radical (unpaired) electrons. The van der Waals surface area contributed by atoms with Crippen molar-refractivity contribution in [2.24, 2.45) is 7.05 Å². The fourth-order valence-electron chi connectivity index (χ4n) is 2.77. The van der Waals surface area contributed by atoms with E-state index in [2.05, 4.69) is 4.98 Å². The second kappa shape index (κ2) is 7.17. The Hall–Kier alpha value is -2.87. The molecule has 0 aliphatic rings. The van der Waals surface area contributed by atoms with Gasteiger partial charge in [0.2, 0.25) is 5.71 Å². The van der Waals surface area contributed by atoms with Crippen molar-refractivity contribution < 1.29 is 13.6 Å². The zero-order valence-corrected chi connectivity index (χ0v) is 15.4. The molecule has 0 spiro atoms. The van der Waals surface area contributed by atoms with E-state index in [-0.39, 0.29) is 28.1 Å². The standard InChI is InChI=1S/C18H22N4O4/c1-12-14(15-16(26-12)19-11-21(4)17(15)23)18(24)22(8-7-20(2)3)10-13-6-5-9-25-13/h5-6,9,11H,7-8,10H2,1-4H3. The summed E-state index contributed by atoms with van der Waals surface area (Å²) in [6.07, 6.45) is 2.95. The van der Waals surface area contributed by atoms with E-state index in [9.17, 15) is 9.59 Å². The summed E-state index contributed by atoms with van der Waals surface area (Å²) in [6, 6.07) is 3.60. The van der Waals surface area contributed by atoms with Gasteiger partial charge >= 0.3 is 0 Å². The highest BCUT2D eigenvalue weighted by molar-refractivity contribution is 6.06. The first-order valence-electron chi connectivity index (χ1n) is 8.29. The van der Waals surface area contributed by atoms with Crippen molar-refractivity contribution in [1.29, 1.82) is 0 Å². The Balaban J connectivity index is 2.03. The normalized spacial score (nSPS) is 11.4. The molecular formula is C18H22N4O4. The highest BCUT2D eigenvalue weighted by Crippen LogP contribution is 2.23. The van der Waals surface area contributed by atoms with Gasteiger partial charge < -0.3 is 23.2 Å². The maximum absolute atomic E-state index is 13.3. The number of fused-ring (bicyclic) bond motifs is 1. The Kier molecular flexibility index (Phi) is 4.94. The molecule has 0 N–H and O–H groups in total. The summed E-state index contributed by atoms with van der Waals surface area (Å²) >= 11 is 0. The van der Waals surface area contributed by atoms with Crippen molar-refractivity contribution in [1.82, 2.24) is 19.4 Å². The molecule has 138 valence electrons. The minimum Gasteiger partial charge on any atom is -0.467 e. The van der Waals surface area contributed by atoms with Crippen LogP contribution in [0, 0.1) is 6.92 Å². The minimum atomic E-state index is -0.305. The lowest BCUT2D eigenvalue weighted by Gasteiger charge is -2.23. The van der Waals surface area contributed by atoms with Crippen molar-refractivity contribution in [2.45, 2.75) is 13.5 Å². The Labute approximate surface area is 150 Å². The molecule has 0 saturated heterocycles. The molecule has 0 unspecified atom stereocenters. The lowest BCUT2D eigenvalue weighted by atomic mass is 10.1. The van der Waals surface area contributed by atoms with Gasteiger partial charge in [0.25, 0.3) is 11.5 Å². The van der Waals surface area contributed by atoms with Gasteiger partial charge in [-0.3, -0.25) is 9.59 Å².